The number of phenolic OH excluding ortho intramolecular Hbond substituents is 1. The fourth-order valence-corrected chi connectivity index (χ4v) is 5.83. The smallest absolute Gasteiger partial charge is 0.337 e. The van der Waals surface area contributed by atoms with Crippen LogP contribution in [0, 0.1) is 11.8 Å². The van der Waals surface area contributed by atoms with Gasteiger partial charge < -0.3 is 49.2 Å². The number of hydrogen-bond acceptors (Lipinski definition) is 13. The van der Waals surface area contributed by atoms with E-state index in [1.807, 2.05) is 0 Å². The molecule has 242 valence electrons. The topological polar surface area (TPSA) is 199 Å². The highest BCUT2D eigenvalue weighted by Gasteiger charge is 2.48. The first kappa shape index (κ1) is 33.7. The van der Waals surface area contributed by atoms with E-state index in [0.29, 0.717) is 6.42 Å². The highest BCUT2D eigenvalue weighted by Crippen LogP contribution is 2.39. The Labute approximate surface area is 254 Å². The van der Waals surface area contributed by atoms with Crippen molar-refractivity contribution in [1.29, 1.82) is 0 Å². The third-order valence-electron chi connectivity index (χ3n) is 8.21. The first-order valence-electron chi connectivity index (χ1n) is 14.5. The molecule has 1 aromatic carbocycles. The fourth-order valence-electron chi connectivity index (χ4n) is 5.83. The lowest BCUT2D eigenvalue weighted by Crippen LogP contribution is -2.60. The van der Waals surface area contributed by atoms with Gasteiger partial charge >= 0.3 is 5.97 Å². The molecule has 3 aliphatic rings. The maximum Gasteiger partial charge on any atom is 0.337 e. The highest BCUT2D eigenvalue weighted by atomic mass is 16.8. The van der Waals surface area contributed by atoms with Gasteiger partial charge in [-0.15, -0.1) is 6.58 Å². The van der Waals surface area contributed by atoms with Crippen LogP contribution in [-0.4, -0.2) is 106 Å². The SMILES string of the molecule is C=C[C@@H]1[C@@H](O[C@H]2O[C@H](CO)[C@@H](O)[C@H](O)[C@@H]2O)OC=C(C(=O)OC)[C@H]1C[C@H]1CC(=O)C[C@H](CC(=O)CCc2ccc(O)cc2)O1. The monoisotopic (exact) mass is 620 g/mol. The number of aromatic hydroxyl groups is 1. The van der Waals surface area contributed by atoms with Gasteiger partial charge in [0.1, 0.15) is 41.7 Å². The molecule has 1 aromatic rings. The molecule has 0 aliphatic carbocycles. The van der Waals surface area contributed by atoms with Crippen LogP contribution in [-0.2, 0) is 44.5 Å². The Morgan fingerprint density at radius 3 is 2.39 bits per heavy atom. The number of carbonyl (C=O) groups excluding carboxylic acids is 3. The van der Waals surface area contributed by atoms with Crippen molar-refractivity contribution in [2.75, 3.05) is 13.7 Å². The van der Waals surface area contributed by atoms with Crippen LogP contribution >= 0.6 is 0 Å². The molecule has 2 saturated heterocycles. The highest BCUT2D eigenvalue weighted by molar-refractivity contribution is 5.89. The van der Waals surface area contributed by atoms with Gasteiger partial charge in [0.05, 0.1) is 37.8 Å². The molecule has 0 amide bonds. The lowest BCUT2D eigenvalue weighted by Gasteiger charge is -2.43. The Morgan fingerprint density at radius 1 is 1.02 bits per heavy atom. The van der Waals surface area contributed by atoms with Crippen molar-refractivity contribution < 1.29 is 63.6 Å². The van der Waals surface area contributed by atoms with Crippen molar-refractivity contribution >= 4 is 17.5 Å². The summed E-state index contributed by atoms with van der Waals surface area (Å²) in [5, 5.41) is 49.7. The summed E-state index contributed by atoms with van der Waals surface area (Å²) in [6.45, 7) is 3.20. The number of aryl methyl sites for hydroxylation is 1. The van der Waals surface area contributed by atoms with Crippen LogP contribution in [0.4, 0.5) is 0 Å². The number of ketones is 2. The van der Waals surface area contributed by atoms with E-state index in [1.54, 1.807) is 24.3 Å². The third kappa shape index (κ3) is 8.10. The summed E-state index contributed by atoms with van der Waals surface area (Å²) in [5.41, 5.74) is 1.03. The standard InChI is InChI=1S/C31H40O13/c1-3-22-23(13-21-12-19(35)11-20(42-21)10-18(34)9-6-16-4-7-17(33)8-5-16)24(29(39)40-2)15-41-30(22)44-31-28(38)27(37)26(36)25(14-32)43-31/h3-5,7-8,15,20-23,25-28,30-33,36-38H,1,6,9-14H2,2H3/t20-,21+,22-,23-,25+,26+,27-,28-,30+,31+/m0/s1. The molecular weight excluding hydrogens is 580 g/mol. The van der Waals surface area contributed by atoms with Gasteiger partial charge in [-0.2, -0.15) is 0 Å². The molecule has 0 bridgehead atoms. The number of aliphatic hydroxyl groups is 4. The number of phenols is 1. The summed E-state index contributed by atoms with van der Waals surface area (Å²) >= 11 is 0. The second kappa shape index (κ2) is 15.2. The summed E-state index contributed by atoms with van der Waals surface area (Å²) in [7, 11) is 1.21. The van der Waals surface area contributed by atoms with Gasteiger partial charge in [0.25, 0.3) is 0 Å². The zero-order chi connectivity index (χ0) is 32.0. The summed E-state index contributed by atoms with van der Waals surface area (Å²) in [4.78, 5) is 38.2. The minimum atomic E-state index is -1.68. The normalized spacial score (nSPS) is 34.0. The van der Waals surface area contributed by atoms with E-state index in [-0.39, 0.29) is 55.0 Å². The number of benzene rings is 1. The molecule has 0 aromatic heterocycles. The fraction of sp³-hybridized carbons (Fsp3) is 0.581. The Morgan fingerprint density at radius 2 is 1.73 bits per heavy atom. The zero-order valence-corrected chi connectivity index (χ0v) is 24.4. The number of esters is 1. The molecule has 3 heterocycles. The maximum atomic E-state index is 12.7. The van der Waals surface area contributed by atoms with Crippen molar-refractivity contribution in [3.63, 3.8) is 0 Å². The lowest BCUT2D eigenvalue weighted by atomic mass is 9.78. The van der Waals surface area contributed by atoms with Gasteiger partial charge in [0.2, 0.25) is 6.29 Å². The van der Waals surface area contributed by atoms with Crippen LogP contribution in [0.3, 0.4) is 0 Å². The maximum absolute atomic E-state index is 12.7. The second-order valence-corrected chi connectivity index (χ2v) is 11.3. The number of carbonyl (C=O) groups is 3. The number of Topliss-reactive ketones (excluding diaryl/α,β-unsaturated/α-hetero) is 2. The predicted molar refractivity (Wildman–Crippen MR) is 151 cm³/mol. The third-order valence-corrected chi connectivity index (χ3v) is 8.21. The molecular formula is C31H40O13. The molecule has 10 atom stereocenters. The Hall–Kier alpha value is -3.17. The Balaban J connectivity index is 1.44. The number of rotatable bonds is 12. The van der Waals surface area contributed by atoms with Crippen molar-refractivity contribution in [3.05, 3.63) is 54.3 Å². The van der Waals surface area contributed by atoms with Crippen LogP contribution in [0.2, 0.25) is 0 Å². The quantitative estimate of drug-likeness (QED) is 0.159. The summed E-state index contributed by atoms with van der Waals surface area (Å²) < 4.78 is 28.1. The van der Waals surface area contributed by atoms with Crippen molar-refractivity contribution in [2.24, 2.45) is 11.8 Å². The molecule has 13 nitrogen and oxygen atoms in total. The van der Waals surface area contributed by atoms with Crippen LogP contribution in [0.5, 0.6) is 5.75 Å². The Kier molecular flexibility index (Phi) is 11.7. The average Bonchev–Trinajstić information content (AvgIpc) is 3.00. The van der Waals surface area contributed by atoms with E-state index >= 15 is 0 Å². The van der Waals surface area contributed by atoms with E-state index in [2.05, 4.69) is 6.58 Å². The van der Waals surface area contributed by atoms with Gasteiger partial charge in [-0.05, 0) is 30.5 Å². The second-order valence-electron chi connectivity index (χ2n) is 11.3. The van der Waals surface area contributed by atoms with Crippen molar-refractivity contribution in [1.82, 2.24) is 0 Å². The summed E-state index contributed by atoms with van der Waals surface area (Å²) in [6, 6.07) is 6.58. The first-order valence-corrected chi connectivity index (χ1v) is 14.5. The van der Waals surface area contributed by atoms with Gasteiger partial charge in [-0.1, -0.05) is 18.2 Å². The summed E-state index contributed by atoms with van der Waals surface area (Å²) in [5.74, 6) is -2.15. The van der Waals surface area contributed by atoms with Gasteiger partial charge in [-0.3, -0.25) is 9.59 Å². The van der Waals surface area contributed by atoms with Gasteiger partial charge in [0, 0.05) is 37.5 Å². The number of hydrogen-bond donors (Lipinski definition) is 5. The van der Waals surface area contributed by atoms with E-state index in [1.165, 1.54) is 13.2 Å². The first-order chi connectivity index (χ1) is 21.0. The molecule has 2 fully saturated rings. The number of methoxy groups -OCH3 is 1. The molecule has 0 spiro atoms. The Bertz CT molecular complexity index is 1200. The molecule has 0 saturated carbocycles. The molecule has 4 rings (SSSR count). The van der Waals surface area contributed by atoms with E-state index in [4.69, 9.17) is 23.7 Å². The van der Waals surface area contributed by atoms with Crippen LogP contribution in [0.15, 0.2) is 48.8 Å². The molecule has 0 unspecified atom stereocenters. The van der Waals surface area contributed by atoms with Crippen molar-refractivity contribution in [2.45, 2.75) is 87.7 Å². The van der Waals surface area contributed by atoms with Gasteiger partial charge in [-0.25, -0.2) is 4.79 Å². The van der Waals surface area contributed by atoms with Crippen molar-refractivity contribution in [3.8, 4) is 5.75 Å². The molecule has 44 heavy (non-hydrogen) atoms. The van der Waals surface area contributed by atoms with E-state index in [9.17, 15) is 39.9 Å². The van der Waals surface area contributed by atoms with E-state index in [0.717, 1.165) is 11.8 Å². The largest absolute Gasteiger partial charge is 0.508 e. The molecule has 0 radical (unpaired) electrons. The van der Waals surface area contributed by atoms with Crippen LogP contribution in [0.25, 0.3) is 0 Å². The van der Waals surface area contributed by atoms with Gasteiger partial charge in [0.15, 0.2) is 6.29 Å². The van der Waals surface area contributed by atoms with Crippen LogP contribution < -0.4 is 0 Å². The number of ether oxygens (including phenoxy) is 5. The molecule has 13 heteroatoms. The van der Waals surface area contributed by atoms with E-state index < -0.39 is 73.6 Å². The zero-order valence-electron chi connectivity index (χ0n) is 24.4. The molecule has 5 N–H and O–H groups in total. The minimum absolute atomic E-state index is 0.0432. The molecule has 3 aliphatic heterocycles. The lowest BCUT2D eigenvalue weighted by molar-refractivity contribution is -0.339. The van der Waals surface area contributed by atoms with Crippen LogP contribution in [0.1, 0.15) is 37.7 Å². The minimum Gasteiger partial charge on any atom is -0.508 e. The number of aliphatic hydroxyl groups excluding tert-OH is 4. The average molecular weight is 621 g/mol. The summed E-state index contributed by atoms with van der Waals surface area (Å²) in [6.07, 6.45) is -6.44. The predicted octanol–water partition coefficient (Wildman–Crippen LogP) is 0.439.